The van der Waals surface area contributed by atoms with Gasteiger partial charge in [0, 0.05) is 37.2 Å². The Morgan fingerprint density at radius 3 is 2.68 bits per heavy atom. The smallest absolute Gasteiger partial charge is 0.169 e. The molecule has 1 aliphatic rings. The Bertz CT molecular complexity index is 662. The summed E-state index contributed by atoms with van der Waals surface area (Å²) in [6.45, 7) is 2.12. The van der Waals surface area contributed by atoms with Crippen LogP contribution in [0.2, 0.25) is 0 Å². The van der Waals surface area contributed by atoms with Crippen LogP contribution in [-0.4, -0.2) is 19.3 Å². The molecule has 0 spiro atoms. The average Bonchev–Trinajstić information content (AvgIpc) is 2.55. The minimum Gasteiger partial charge on any atom is -0.374 e. The number of aromatic nitrogens is 1. The number of hydrogen-bond acceptors (Lipinski definition) is 2. The van der Waals surface area contributed by atoms with Crippen molar-refractivity contribution in [2.45, 2.75) is 19.4 Å². The van der Waals surface area contributed by atoms with Crippen LogP contribution in [0.1, 0.15) is 23.1 Å². The van der Waals surface area contributed by atoms with E-state index in [1.165, 1.54) is 41.8 Å². The van der Waals surface area contributed by atoms with Crippen molar-refractivity contribution in [1.29, 1.82) is 0 Å². The molecule has 1 aromatic heterocycles. The van der Waals surface area contributed by atoms with Crippen molar-refractivity contribution in [3.63, 3.8) is 0 Å². The van der Waals surface area contributed by atoms with E-state index in [0.29, 0.717) is 0 Å². The predicted molar refractivity (Wildman–Crippen MR) is 97.5 cm³/mol. The monoisotopic (exact) mass is 311 g/mol. The van der Waals surface area contributed by atoms with Crippen LogP contribution in [0.25, 0.3) is 12.2 Å². The molecule has 3 rings (SSSR count). The number of aryl methyl sites for hydroxylation is 2. The molecule has 0 aliphatic carbocycles. The summed E-state index contributed by atoms with van der Waals surface area (Å²) < 4.78 is 2.15. The summed E-state index contributed by atoms with van der Waals surface area (Å²) in [7, 11) is 2.18. The van der Waals surface area contributed by atoms with E-state index in [0.717, 1.165) is 12.3 Å². The van der Waals surface area contributed by atoms with Crippen LogP contribution in [0.5, 0.6) is 0 Å². The molecule has 0 fully saturated rings. The number of fused-ring (bicyclic) bond motifs is 1. The van der Waals surface area contributed by atoms with Crippen LogP contribution in [0, 0.1) is 0 Å². The molecular formula is C19H23N2S+. The van der Waals surface area contributed by atoms with E-state index < -0.39 is 0 Å². The first-order valence-corrected chi connectivity index (χ1v) is 8.51. The second-order valence-electron chi connectivity index (χ2n) is 5.84. The maximum Gasteiger partial charge on any atom is 0.169 e. The Hall–Kier alpha value is -1.74. The van der Waals surface area contributed by atoms with Gasteiger partial charge in [-0.25, -0.2) is 4.57 Å². The first-order chi connectivity index (χ1) is 10.8. The zero-order valence-corrected chi connectivity index (χ0v) is 14.0. The molecule has 2 nitrogen and oxygen atoms in total. The topological polar surface area (TPSA) is 7.12 Å². The van der Waals surface area contributed by atoms with Crippen LogP contribution < -0.4 is 9.47 Å². The zero-order valence-electron chi connectivity index (χ0n) is 13.1. The zero-order chi connectivity index (χ0) is 15.4. The molecule has 2 heterocycles. The van der Waals surface area contributed by atoms with Crippen LogP contribution in [-0.2, 0) is 13.0 Å². The number of pyridine rings is 1. The lowest BCUT2D eigenvalue weighted by molar-refractivity contribution is -0.692. The van der Waals surface area contributed by atoms with E-state index in [1.54, 1.807) is 0 Å². The minimum absolute atomic E-state index is 0.865. The lowest BCUT2D eigenvalue weighted by Crippen LogP contribution is -2.33. The second kappa shape index (κ2) is 7.01. The largest absolute Gasteiger partial charge is 0.374 e. The quantitative estimate of drug-likeness (QED) is 0.671. The van der Waals surface area contributed by atoms with Gasteiger partial charge in [-0.15, -0.1) is 0 Å². The van der Waals surface area contributed by atoms with Crippen molar-refractivity contribution in [2.24, 2.45) is 0 Å². The standard InChI is InChI=1S/C19H22N2S/c1-20-10-2-3-18-15-17(6-7-19(18)20)5-4-16-8-11-21(12-9-16)13-14-22/h4-9,11-12,15H,2-3,10,13-14H2,1H3/p+1. The predicted octanol–water partition coefficient (Wildman–Crippen LogP) is 3.46. The molecular weight excluding hydrogens is 288 g/mol. The molecule has 1 aromatic carbocycles. The highest BCUT2D eigenvalue weighted by Crippen LogP contribution is 2.27. The SMILES string of the molecule is CN1CCCc2cc(/C=C/c3cc[n+](CCS)cc3)ccc21. The lowest BCUT2D eigenvalue weighted by Gasteiger charge is -2.27. The van der Waals surface area contributed by atoms with E-state index in [9.17, 15) is 0 Å². The van der Waals surface area contributed by atoms with E-state index >= 15 is 0 Å². The number of rotatable bonds is 4. The molecule has 3 heteroatoms. The van der Waals surface area contributed by atoms with Crippen LogP contribution in [0.4, 0.5) is 5.69 Å². The second-order valence-corrected chi connectivity index (χ2v) is 6.29. The summed E-state index contributed by atoms with van der Waals surface area (Å²) in [5, 5.41) is 0. The highest BCUT2D eigenvalue weighted by atomic mass is 32.1. The third-order valence-electron chi connectivity index (χ3n) is 4.20. The van der Waals surface area contributed by atoms with Gasteiger partial charge in [-0.2, -0.15) is 12.6 Å². The number of nitrogens with zero attached hydrogens (tertiary/aromatic N) is 2. The molecule has 0 radical (unpaired) electrons. The van der Waals surface area contributed by atoms with E-state index in [4.69, 9.17) is 0 Å². The number of anilines is 1. The van der Waals surface area contributed by atoms with Crippen molar-refractivity contribution in [1.82, 2.24) is 0 Å². The fourth-order valence-corrected chi connectivity index (χ4v) is 3.18. The molecule has 22 heavy (non-hydrogen) atoms. The van der Waals surface area contributed by atoms with Crippen molar-refractivity contribution in [3.8, 4) is 0 Å². The van der Waals surface area contributed by atoms with Crippen LogP contribution in [0.3, 0.4) is 0 Å². The van der Waals surface area contributed by atoms with Gasteiger partial charge in [-0.05, 0) is 41.7 Å². The van der Waals surface area contributed by atoms with Gasteiger partial charge in [0.1, 0.15) is 0 Å². The summed E-state index contributed by atoms with van der Waals surface area (Å²) in [6.07, 6.45) is 11.0. The van der Waals surface area contributed by atoms with Crippen molar-refractivity contribution in [2.75, 3.05) is 24.2 Å². The van der Waals surface area contributed by atoms with Crippen molar-refractivity contribution < 1.29 is 4.57 Å². The summed E-state index contributed by atoms with van der Waals surface area (Å²) >= 11 is 4.25. The Labute approximate surface area is 138 Å². The van der Waals surface area contributed by atoms with Gasteiger partial charge < -0.3 is 4.90 Å². The molecule has 1 aliphatic heterocycles. The molecule has 0 atom stereocenters. The first kappa shape index (κ1) is 15.2. The molecule has 0 N–H and O–H groups in total. The Balaban J connectivity index is 1.75. The third-order valence-corrected chi connectivity index (χ3v) is 4.40. The molecule has 0 bridgehead atoms. The fourth-order valence-electron chi connectivity index (χ4n) is 2.95. The fraction of sp³-hybridized carbons (Fsp3) is 0.316. The maximum atomic E-state index is 4.25. The summed E-state index contributed by atoms with van der Waals surface area (Å²) in [4.78, 5) is 2.35. The van der Waals surface area contributed by atoms with E-state index in [1.807, 2.05) is 0 Å². The van der Waals surface area contributed by atoms with Gasteiger partial charge >= 0.3 is 0 Å². The van der Waals surface area contributed by atoms with Gasteiger partial charge in [0.05, 0.1) is 0 Å². The highest BCUT2D eigenvalue weighted by molar-refractivity contribution is 7.80. The van der Waals surface area contributed by atoms with Crippen molar-refractivity contribution >= 4 is 30.5 Å². The summed E-state index contributed by atoms with van der Waals surface area (Å²) in [5.41, 5.74) is 5.36. The van der Waals surface area contributed by atoms with Gasteiger partial charge in [-0.3, -0.25) is 0 Å². The van der Waals surface area contributed by atoms with Gasteiger partial charge in [0.15, 0.2) is 18.9 Å². The van der Waals surface area contributed by atoms with Crippen LogP contribution in [0.15, 0.2) is 42.7 Å². The molecule has 0 saturated heterocycles. The number of benzene rings is 1. The van der Waals surface area contributed by atoms with Gasteiger partial charge in [-0.1, -0.05) is 18.2 Å². The Morgan fingerprint density at radius 1 is 1.14 bits per heavy atom. The van der Waals surface area contributed by atoms with E-state index in [2.05, 4.69) is 84.0 Å². The number of thiol groups is 1. The first-order valence-electron chi connectivity index (χ1n) is 7.88. The Morgan fingerprint density at radius 2 is 1.91 bits per heavy atom. The average molecular weight is 311 g/mol. The molecule has 2 aromatic rings. The van der Waals surface area contributed by atoms with Crippen LogP contribution >= 0.6 is 12.6 Å². The van der Waals surface area contributed by atoms with Crippen molar-refractivity contribution in [3.05, 3.63) is 59.4 Å². The third kappa shape index (κ3) is 3.53. The lowest BCUT2D eigenvalue weighted by atomic mass is 9.99. The number of hydrogen-bond donors (Lipinski definition) is 1. The minimum atomic E-state index is 0.865. The van der Waals surface area contributed by atoms with E-state index in [-0.39, 0.29) is 0 Å². The van der Waals surface area contributed by atoms with Gasteiger partial charge in [0.25, 0.3) is 0 Å². The van der Waals surface area contributed by atoms with Gasteiger partial charge in [0.2, 0.25) is 0 Å². The highest BCUT2D eigenvalue weighted by Gasteiger charge is 2.12. The molecule has 0 unspecified atom stereocenters. The Kier molecular flexibility index (Phi) is 4.84. The summed E-state index contributed by atoms with van der Waals surface area (Å²) in [6, 6.07) is 11.1. The molecule has 0 amide bonds. The maximum absolute atomic E-state index is 4.25. The normalized spacial score (nSPS) is 14.4. The summed E-state index contributed by atoms with van der Waals surface area (Å²) in [5.74, 6) is 0.865. The molecule has 0 saturated carbocycles. The molecule has 114 valence electrons.